The number of aliphatic hydroxyl groups excluding tert-OH is 4. The van der Waals surface area contributed by atoms with Gasteiger partial charge in [-0.2, -0.15) is 5.26 Å². The van der Waals surface area contributed by atoms with E-state index in [1.807, 2.05) is 30.3 Å². The number of aliphatic hydroxyl groups is 5. The highest BCUT2D eigenvalue weighted by Crippen LogP contribution is 2.42. The Labute approximate surface area is 179 Å². The molecule has 2 aromatic rings. The Kier molecular flexibility index (Phi) is 5.75. The predicted molar refractivity (Wildman–Crippen MR) is 108 cm³/mol. The lowest BCUT2D eigenvalue weighted by atomic mass is 9.85. The van der Waals surface area contributed by atoms with Crippen LogP contribution in [0.4, 0.5) is 0 Å². The molecule has 1 saturated carbocycles. The van der Waals surface area contributed by atoms with Crippen molar-refractivity contribution in [2.75, 3.05) is 6.61 Å². The maximum absolute atomic E-state index is 11.0. The summed E-state index contributed by atoms with van der Waals surface area (Å²) in [7, 11) is 0. The van der Waals surface area contributed by atoms with Crippen molar-refractivity contribution in [3.63, 3.8) is 0 Å². The number of ether oxygens (including phenoxy) is 1. The highest BCUT2D eigenvalue weighted by molar-refractivity contribution is 5.51. The first-order valence-electron chi connectivity index (χ1n) is 10.2. The van der Waals surface area contributed by atoms with Gasteiger partial charge in [-0.05, 0) is 54.0 Å². The van der Waals surface area contributed by atoms with E-state index < -0.39 is 42.6 Å². The molecule has 0 spiro atoms. The van der Waals surface area contributed by atoms with Crippen LogP contribution in [0.2, 0.25) is 0 Å². The van der Waals surface area contributed by atoms with Crippen molar-refractivity contribution in [1.82, 2.24) is 0 Å². The lowest BCUT2D eigenvalue weighted by molar-refractivity contribution is -0.358. The average Bonchev–Trinajstić information content (AvgIpc) is 3.61. The molecule has 31 heavy (non-hydrogen) atoms. The Bertz CT molecular complexity index is 996. The summed E-state index contributed by atoms with van der Waals surface area (Å²) in [5, 5.41) is 70.9. The van der Waals surface area contributed by atoms with Gasteiger partial charge in [0, 0.05) is 0 Å². The Hall–Kier alpha value is -2.51. The van der Waals surface area contributed by atoms with E-state index in [4.69, 9.17) is 4.74 Å². The highest BCUT2D eigenvalue weighted by Gasteiger charge is 2.54. The van der Waals surface area contributed by atoms with E-state index in [1.54, 1.807) is 0 Å². The molecule has 1 aliphatic heterocycles. The van der Waals surface area contributed by atoms with E-state index in [-0.39, 0.29) is 11.1 Å². The Morgan fingerprint density at radius 3 is 2.32 bits per heavy atom. The van der Waals surface area contributed by atoms with Crippen molar-refractivity contribution >= 4 is 0 Å². The van der Waals surface area contributed by atoms with Crippen molar-refractivity contribution in [2.24, 2.45) is 0 Å². The van der Waals surface area contributed by atoms with Gasteiger partial charge in [0.05, 0.1) is 23.8 Å². The summed E-state index contributed by atoms with van der Waals surface area (Å²) >= 11 is 0. The van der Waals surface area contributed by atoms with Crippen molar-refractivity contribution < 1.29 is 35.4 Å². The van der Waals surface area contributed by atoms with E-state index in [0.717, 1.165) is 11.6 Å². The number of nitrogens with zero attached hydrogens (tertiary/aromatic N) is 1. The Morgan fingerprint density at radius 1 is 1.06 bits per heavy atom. The molecule has 1 aliphatic carbocycles. The third kappa shape index (κ3) is 3.92. The minimum Gasteiger partial charge on any atom is -0.507 e. The van der Waals surface area contributed by atoms with Crippen molar-refractivity contribution in [1.29, 1.82) is 5.26 Å². The average molecular weight is 427 g/mol. The van der Waals surface area contributed by atoms with Crippen molar-refractivity contribution in [3.8, 4) is 11.8 Å². The first kappa shape index (κ1) is 21.7. The van der Waals surface area contributed by atoms with Crippen molar-refractivity contribution in [2.45, 2.75) is 55.4 Å². The van der Waals surface area contributed by atoms with Crippen LogP contribution in [-0.2, 0) is 16.9 Å². The quantitative estimate of drug-likeness (QED) is 0.399. The van der Waals surface area contributed by atoms with E-state index in [2.05, 4.69) is 0 Å². The van der Waals surface area contributed by atoms with Gasteiger partial charge in [0.1, 0.15) is 30.2 Å². The molecular formula is C23H25NO7. The largest absolute Gasteiger partial charge is 0.507 e. The second kappa shape index (κ2) is 8.20. The van der Waals surface area contributed by atoms with E-state index >= 15 is 0 Å². The maximum atomic E-state index is 11.0. The van der Waals surface area contributed by atoms with E-state index in [1.165, 1.54) is 24.5 Å². The van der Waals surface area contributed by atoms with Gasteiger partial charge in [0.2, 0.25) is 5.79 Å². The first-order chi connectivity index (χ1) is 14.8. The molecule has 2 aromatic carbocycles. The third-order valence-corrected chi connectivity index (χ3v) is 6.12. The molecule has 2 aliphatic rings. The summed E-state index contributed by atoms with van der Waals surface area (Å²) in [5.74, 6) is -2.51. The highest BCUT2D eigenvalue weighted by atomic mass is 16.7. The molecule has 4 rings (SSSR count). The van der Waals surface area contributed by atoms with Crippen LogP contribution in [0.25, 0.3) is 0 Å². The maximum Gasteiger partial charge on any atom is 0.226 e. The van der Waals surface area contributed by atoms with Crippen LogP contribution in [0.15, 0.2) is 36.4 Å². The minimum atomic E-state index is -2.60. The van der Waals surface area contributed by atoms with E-state index in [0.29, 0.717) is 17.9 Å². The smallest absolute Gasteiger partial charge is 0.226 e. The molecule has 0 bridgehead atoms. The van der Waals surface area contributed by atoms with Crippen LogP contribution in [0.3, 0.4) is 0 Å². The minimum absolute atomic E-state index is 0.181. The number of benzene rings is 2. The molecule has 0 unspecified atom stereocenters. The number of rotatable bonds is 5. The summed E-state index contributed by atoms with van der Waals surface area (Å²) in [5.41, 5.74) is 2.57. The lowest BCUT2D eigenvalue weighted by Gasteiger charge is -2.45. The van der Waals surface area contributed by atoms with Crippen LogP contribution >= 0.6 is 0 Å². The number of nitriles is 1. The zero-order chi connectivity index (χ0) is 22.3. The fraction of sp³-hybridized carbons (Fsp3) is 0.435. The zero-order valence-electron chi connectivity index (χ0n) is 16.7. The predicted octanol–water partition coefficient (Wildman–Crippen LogP) is 0.351. The lowest BCUT2D eigenvalue weighted by Crippen LogP contribution is -2.63. The summed E-state index contributed by atoms with van der Waals surface area (Å²) in [6.07, 6.45) is -4.16. The van der Waals surface area contributed by atoms with Crippen LogP contribution in [0.5, 0.6) is 5.75 Å². The van der Waals surface area contributed by atoms with Gasteiger partial charge in [-0.3, -0.25) is 0 Å². The van der Waals surface area contributed by atoms with Crippen molar-refractivity contribution in [3.05, 3.63) is 64.2 Å². The summed E-state index contributed by atoms with van der Waals surface area (Å²) < 4.78 is 5.32. The molecule has 0 amide bonds. The van der Waals surface area contributed by atoms with Gasteiger partial charge in [0.15, 0.2) is 0 Å². The number of hydrogen-bond acceptors (Lipinski definition) is 8. The summed E-state index contributed by atoms with van der Waals surface area (Å²) in [4.78, 5) is 0. The molecule has 1 heterocycles. The number of phenols is 1. The Morgan fingerprint density at radius 2 is 1.74 bits per heavy atom. The topological polar surface area (TPSA) is 154 Å². The van der Waals surface area contributed by atoms with Gasteiger partial charge >= 0.3 is 0 Å². The SMILES string of the molecule is N#Cc1cc(O)c([C@]2(O)O[C@H](CO)[C@@H](O)[C@H](O)[C@H]2O)cc1Cc1ccc(C2CC2)cc1. The van der Waals surface area contributed by atoms with Crippen LogP contribution in [-0.4, -0.2) is 61.7 Å². The van der Waals surface area contributed by atoms with Gasteiger partial charge < -0.3 is 35.4 Å². The molecule has 0 aromatic heterocycles. The fourth-order valence-electron chi connectivity index (χ4n) is 4.09. The zero-order valence-corrected chi connectivity index (χ0v) is 16.7. The normalized spacial score (nSPS) is 30.7. The van der Waals surface area contributed by atoms with E-state index in [9.17, 15) is 35.9 Å². The molecule has 164 valence electrons. The summed E-state index contributed by atoms with van der Waals surface area (Å²) in [6, 6.07) is 12.5. The van der Waals surface area contributed by atoms with Crippen LogP contribution in [0, 0.1) is 11.3 Å². The number of phenolic OH excluding ortho intramolecular Hbond substituents is 1. The first-order valence-corrected chi connectivity index (χ1v) is 10.2. The monoisotopic (exact) mass is 427 g/mol. The molecule has 2 fully saturated rings. The molecule has 8 nitrogen and oxygen atoms in total. The fourth-order valence-corrected chi connectivity index (χ4v) is 4.09. The third-order valence-electron chi connectivity index (χ3n) is 6.12. The molecule has 0 radical (unpaired) electrons. The molecular weight excluding hydrogens is 402 g/mol. The Balaban J connectivity index is 1.70. The standard InChI is InChI=1S/C23H25NO7/c24-10-16-9-18(26)17(23(30)22(29)21(28)20(27)19(11-25)31-23)8-15(16)7-12-1-3-13(4-2-12)14-5-6-14/h1-4,8-9,14,19-22,25-30H,5-7,11H2/t19-,20-,21+,22-,23+/m1/s1. The number of aromatic hydroxyl groups is 1. The molecule has 1 saturated heterocycles. The number of hydrogen-bond donors (Lipinski definition) is 6. The molecule has 6 N–H and O–H groups in total. The molecule has 5 atom stereocenters. The van der Waals surface area contributed by atoms with Gasteiger partial charge in [-0.1, -0.05) is 24.3 Å². The van der Waals surface area contributed by atoms with Gasteiger partial charge in [0.25, 0.3) is 0 Å². The van der Waals surface area contributed by atoms with Gasteiger partial charge in [-0.25, -0.2) is 0 Å². The van der Waals surface area contributed by atoms with Gasteiger partial charge in [-0.15, -0.1) is 0 Å². The molecule has 8 heteroatoms. The second-order valence-electron chi connectivity index (χ2n) is 8.29. The van der Waals surface area contributed by atoms with Crippen LogP contribution in [0.1, 0.15) is 46.6 Å². The summed E-state index contributed by atoms with van der Waals surface area (Å²) in [6.45, 7) is -0.732. The second-order valence-corrected chi connectivity index (χ2v) is 8.29. The van der Waals surface area contributed by atoms with Crippen LogP contribution < -0.4 is 0 Å².